The van der Waals surface area contributed by atoms with Crippen molar-refractivity contribution < 1.29 is 22.7 Å². The van der Waals surface area contributed by atoms with E-state index in [0.717, 1.165) is 4.31 Å². The van der Waals surface area contributed by atoms with Gasteiger partial charge in [0.2, 0.25) is 15.9 Å². The molecule has 1 aromatic carbocycles. The van der Waals surface area contributed by atoms with Crippen molar-refractivity contribution in [2.75, 3.05) is 34.4 Å². The van der Waals surface area contributed by atoms with Crippen LogP contribution in [0.4, 0.5) is 0 Å². The zero-order valence-corrected chi connectivity index (χ0v) is 15.1. The molecule has 23 heavy (non-hydrogen) atoms. The average molecular weight is 365 g/mol. The summed E-state index contributed by atoms with van der Waals surface area (Å²) in [4.78, 5) is 11.8. The zero-order valence-electron chi connectivity index (χ0n) is 13.5. The Morgan fingerprint density at radius 1 is 1.39 bits per heavy atom. The maximum atomic E-state index is 12.6. The summed E-state index contributed by atoms with van der Waals surface area (Å²) in [6, 6.07) is 4.06. The van der Waals surface area contributed by atoms with Crippen LogP contribution in [0.15, 0.2) is 23.1 Å². The molecule has 130 valence electrons. The van der Waals surface area contributed by atoms with Crippen LogP contribution in [-0.2, 0) is 19.6 Å². The molecule has 1 rings (SSSR count). The van der Waals surface area contributed by atoms with E-state index in [4.69, 9.17) is 21.1 Å². The summed E-state index contributed by atoms with van der Waals surface area (Å²) in [5, 5.41) is 2.91. The second-order valence-corrected chi connectivity index (χ2v) is 7.43. The molecule has 0 aromatic heterocycles. The van der Waals surface area contributed by atoms with Gasteiger partial charge < -0.3 is 14.8 Å². The van der Waals surface area contributed by atoms with Crippen molar-refractivity contribution in [2.45, 2.75) is 17.9 Å². The van der Waals surface area contributed by atoms with E-state index in [1.165, 1.54) is 39.5 Å². The van der Waals surface area contributed by atoms with Gasteiger partial charge in [-0.15, -0.1) is 0 Å². The molecule has 0 aliphatic heterocycles. The van der Waals surface area contributed by atoms with Gasteiger partial charge in [-0.25, -0.2) is 8.42 Å². The minimum Gasteiger partial charge on any atom is -0.495 e. The van der Waals surface area contributed by atoms with Gasteiger partial charge in [0.05, 0.1) is 20.3 Å². The third-order valence-electron chi connectivity index (χ3n) is 3.00. The molecule has 0 saturated carbocycles. The summed E-state index contributed by atoms with van der Waals surface area (Å²) in [6.45, 7) is 1.77. The maximum Gasteiger partial charge on any atom is 0.247 e. The van der Waals surface area contributed by atoms with Gasteiger partial charge in [0.15, 0.2) is 0 Å². The SMILES string of the molecule is COC[C@@H](C)NC(=O)CN(C)S(=O)(=O)c1cc(Cl)ccc1OC. The summed E-state index contributed by atoms with van der Waals surface area (Å²) in [6.07, 6.45) is 0. The minimum absolute atomic E-state index is 0.0901. The summed E-state index contributed by atoms with van der Waals surface area (Å²) in [7, 11) is 0.281. The van der Waals surface area contributed by atoms with Crippen molar-refractivity contribution in [3.8, 4) is 5.75 Å². The van der Waals surface area contributed by atoms with Gasteiger partial charge in [-0.2, -0.15) is 4.31 Å². The van der Waals surface area contributed by atoms with E-state index >= 15 is 0 Å². The van der Waals surface area contributed by atoms with Gasteiger partial charge in [0.1, 0.15) is 10.6 Å². The molecule has 0 fully saturated rings. The van der Waals surface area contributed by atoms with E-state index in [2.05, 4.69) is 5.32 Å². The number of rotatable bonds is 8. The number of carbonyl (C=O) groups excluding carboxylic acids is 1. The van der Waals surface area contributed by atoms with E-state index in [1.54, 1.807) is 6.92 Å². The van der Waals surface area contributed by atoms with Crippen LogP contribution >= 0.6 is 11.6 Å². The molecule has 0 aliphatic rings. The number of sulfonamides is 1. The first-order chi connectivity index (χ1) is 10.7. The number of benzene rings is 1. The summed E-state index contributed by atoms with van der Waals surface area (Å²) in [5.41, 5.74) is 0. The number of carbonyl (C=O) groups is 1. The van der Waals surface area contributed by atoms with Crippen LogP contribution in [0, 0.1) is 0 Å². The molecule has 0 radical (unpaired) electrons. The third kappa shape index (κ3) is 5.35. The van der Waals surface area contributed by atoms with Gasteiger partial charge in [0, 0.05) is 25.2 Å². The van der Waals surface area contributed by atoms with Crippen LogP contribution in [0.1, 0.15) is 6.92 Å². The molecule has 0 heterocycles. The van der Waals surface area contributed by atoms with E-state index in [-0.39, 0.29) is 28.3 Å². The van der Waals surface area contributed by atoms with Gasteiger partial charge >= 0.3 is 0 Å². The van der Waals surface area contributed by atoms with Crippen LogP contribution in [0.5, 0.6) is 5.75 Å². The Morgan fingerprint density at radius 2 is 2.04 bits per heavy atom. The number of ether oxygens (including phenoxy) is 2. The van der Waals surface area contributed by atoms with E-state index in [1.807, 2.05) is 0 Å². The predicted octanol–water partition coefficient (Wildman–Crippen LogP) is 1.12. The van der Waals surface area contributed by atoms with E-state index in [9.17, 15) is 13.2 Å². The molecular weight excluding hydrogens is 344 g/mol. The van der Waals surface area contributed by atoms with Crippen LogP contribution in [0.2, 0.25) is 5.02 Å². The lowest BCUT2D eigenvalue weighted by molar-refractivity contribution is -0.122. The lowest BCUT2D eigenvalue weighted by Gasteiger charge is -2.20. The molecule has 0 spiro atoms. The lowest BCUT2D eigenvalue weighted by atomic mass is 10.3. The molecule has 1 N–H and O–H groups in total. The fourth-order valence-electron chi connectivity index (χ4n) is 1.92. The zero-order chi connectivity index (χ0) is 17.6. The van der Waals surface area contributed by atoms with Crippen LogP contribution in [0.3, 0.4) is 0 Å². The largest absolute Gasteiger partial charge is 0.495 e. The molecule has 9 heteroatoms. The molecule has 1 amide bonds. The molecule has 1 aromatic rings. The minimum atomic E-state index is -3.92. The molecule has 1 atom stereocenters. The number of amides is 1. The van der Waals surface area contributed by atoms with Crippen molar-refractivity contribution in [1.29, 1.82) is 0 Å². The Hall–Kier alpha value is -1.35. The number of nitrogens with zero attached hydrogens (tertiary/aromatic N) is 1. The van der Waals surface area contributed by atoms with E-state index < -0.39 is 15.9 Å². The topological polar surface area (TPSA) is 84.9 Å². The average Bonchev–Trinajstić information content (AvgIpc) is 2.47. The predicted molar refractivity (Wildman–Crippen MR) is 87.3 cm³/mol. The second kappa shape index (κ2) is 8.49. The standard InChI is InChI=1S/C14H21ClN2O5S/c1-10(9-21-3)16-14(18)8-17(2)23(19,20)13-7-11(15)5-6-12(13)22-4/h5-7,10H,8-9H2,1-4H3,(H,16,18)/t10-/m1/s1. The highest BCUT2D eigenvalue weighted by Gasteiger charge is 2.27. The fourth-order valence-corrected chi connectivity index (χ4v) is 3.46. The Morgan fingerprint density at radius 3 is 2.61 bits per heavy atom. The smallest absolute Gasteiger partial charge is 0.247 e. The van der Waals surface area contributed by atoms with Crippen molar-refractivity contribution in [2.24, 2.45) is 0 Å². The molecule has 0 aliphatic carbocycles. The maximum absolute atomic E-state index is 12.6. The van der Waals surface area contributed by atoms with Crippen LogP contribution in [-0.4, -0.2) is 59.1 Å². The highest BCUT2D eigenvalue weighted by atomic mass is 35.5. The van der Waals surface area contributed by atoms with Crippen molar-refractivity contribution in [3.63, 3.8) is 0 Å². The Balaban J connectivity index is 2.92. The van der Waals surface area contributed by atoms with Gasteiger partial charge in [0.25, 0.3) is 0 Å². The number of methoxy groups -OCH3 is 2. The first kappa shape index (κ1) is 19.7. The molecular formula is C14H21ClN2O5S. The second-order valence-electron chi connectivity index (χ2n) is 4.98. The molecule has 0 saturated heterocycles. The molecule has 7 nitrogen and oxygen atoms in total. The highest BCUT2D eigenvalue weighted by molar-refractivity contribution is 7.89. The Labute approximate surface area is 141 Å². The first-order valence-corrected chi connectivity index (χ1v) is 8.62. The summed E-state index contributed by atoms with van der Waals surface area (Å²) >= 11 is 5.86. The van der Waals surface area contributed by atoms with Crippen molar-refractivity contribution in [3.05, 3.63) is 23.2 Å². The fraction of sp³-hybridized carbons (Fsp3) is 0.500. The van der Waals surface area contributed by atoms with Gasteiger partial charge in [-0.1, -0.05) is 11.6 Å². The van der Waals surface area contributed by atoms with Gasteiger partial charge in [-0.05, 0) is 25.1 Å². The van der Waals surface area contributed by atoms with Gasteiger partial charge in [-0.3, -0.25) is 4.79 Å². The lowest BCUT2D eigenvalue weighted by Crippen LogP contribution is -2.43. The number of halogens is 1. The van der Waals surface area contributed by atoms with Crippen molar-refractivity contribution >= 4 is 27.5 Å². The van der Waals surface area contributed by atoms with Crippen molar-refractivity contribution in [1.82, 2.24) is 9.62 Å². The number of likely N-dealkylation sites (N-methyl/N-ethyl adjacent to an activating group) is 1. The number of hydrogen-bond donors (Lipinski definition) is 1. The summed E-state index contributed by atoms with van der Waals surface area (Å²) in [5.74, 6) is -0.268. The number of nitrogens with one attached hydrogen (secondary N) is 1. The van der Waals surface area contributed by atoms with Crippen LogP contribution < -0.4 is 10.1 Å². The molecule has 0 unspecified atom stereocenters. The van der Waals surface area contributed by atoms with E-state index in [0.29, 0.717) is 6.61 Å². The highest BCUT2D eigenvalue weighted by Crippen LogP contribution is 2.28. The first-order valence-electron chi connectivity index (χ1n) is 6.80. The molecule has 0 bridgehead atoms. The normalized spacial score (nSPS) is 13.0. The Bertz CT molecular complexity index is 651. The van der Waals surface area contributed by atoms with Crippen LogP contribution in [0.25, 0.3) is 0 Å². The monoisotopic (exact) mass is 364 g/mol. The number of hydrogen-bond acceptors (Lipinski definition) is 5. The summed E-state index contributed by atoms with van der Waals surface area (Å²) < 4.78 is 36.1. The Kier molecular flexibility index (Phi) is 7.27. The third-order valence-corrected chi connectivity index (χ3v) is 5.06. The quantitative estimate of drug-likeness (QED) is 0.747.